The number of benzene rings is 1. The number of nitrogens with one attached hydrogen (secondary N) is 1. The molecule has 0 bridgehead atoms. The van der Waals surface area contributed by atoms with Crippen LogP contribution in [0.25, 0.3) is 0 Å². The lowest BCUT2D eigenvalue weighted by molar-refractivity contribution is 0.328. The molecule has 3 nitrogen and oxygen atoms in total. The second kappa shape index (κ2) is 7.17. The minimum absolute atomic E-state index is 0.294. The highest BCUT2D eigenvalue weighted by Crippen LogP contribution is 2.29. The number of hydrogen-bond donors (Lipinski definition) is 1. The quantitative estimate of drug-likeness (QED) is 0.790. The molecular formula is C14H23NO2. The third-order valence-electron chi connectivity index (χ3n) is 2.69. The van der Waals surface area contributed by atoms with E-state index in [-0.39, 0.29) is 0 Å². The molecule has 96 valence electrons. The molecule has 0 spiro atoms. The number of hydrogen-bond acceptors (Lipinski definition) is 3. The van der Waals surface area contributed by atoms with E-state index in [0.29, 0.717) is 12.6 Å². The Morgan fingerprint density at radius 2 is 2.06 bits per heavy atom. The lowest BCUT2D eigenvalue weighted by Crippen LogP contribution is -2.20. The van der Waals surface area contributed by atoms with Gasteiger partial charge in [0.05, 0.1) is 13.7 Å². The third-order valence-corrected chi connectivity index (χ3v) is 2.69. The molecule has 0 saturated heterocycles. The van der Waals surface area contributed by atoms with Crippen molar-refractivity contribution in [3.63, 3.8) is 0 Å². The van der Waals surface area contributed by atoms with Gasteiger partial charge in [0.15, 0.2) is 0 Å². The molecule has 1 rings (SSSR count). The topological polar surface area (TPSA) is 30.5 Å². The van der Waals surface area contributed by atoms with Gasteiger partial charge in [-0.3, -0.25) is 0 Å². The molecule has 0 amide bonds. The molecule has 3 heteroatoms. The second-order valence-electron chi connectivity index (χ2n) is 4.01. The van der Waals surface area contributed by atoms with Crippen LogP contribution < -0.4 is 14.8 Å². The summed E-state index contributed by atoms with van der Waals surface area (Å²) in [7, 11) is 1.67. The Balaban J connectivity index is 2.88. The van der Waals surface area contributed by atoms with Crippen molar-refractivity contribution in [2.24, 2.45) is 0 Å². The first kappa shape index (κ1) is 13.8. The molecule has 17 heavy (non-hydrogen) atoms. The van der Waals surface area contributed by atoms with Crippen molar-refractivity contribution >= 4 is 0 Å². The summed E-state index contributed by atoms with van der Waals surface area (Å²) in [6.07, 6.45) is 1.13. The standard InChI is InChI=1S/C14H23NO2/c1-5-9-15-11(3)13-8-7-12(16-4)10-14(13)17-6-2/h7-8,10-11,15H,5-6,9H2,1-4H3. The molecule has 0 aliphatic carbocycles. The monoisotopic (exact) mass is 237 g/mol. The van der Waals surface area contributed by atoms with Crippen LogP contribution in [-0.2, 0) is 0 Å². The largest absolute Gasteiger partial charge is 0.497 e. The van der Waals surface area contributed by atoms with Crippen LogP contribution >= 0.6 is 0 Å². The highest BCUT2D eigenvalue weighted by Gasteiger charge is 2.11. The molecule has 1 N–H and O–H groups in total. The molecule has 0 saturated carbocycles. The molecule has 1 atom stereocenters. The summed E-state index contributed by atoms with van der Waals surface area (Å²) in [5.41, 5.74) is 1.18. The molecular weight excluding hydrogens is 214 g/mol. The fourth-order valence-corrected chi connectivity index (χ4v) is 1.75. The fourth-order valence-electron chi connectivity index (χ4n) is 1.75. The van der Waals surface area contributed by atoms with E-state index in [1.54, 1.807) is 7.11 Å². The van der Waals surface area contributed by atoms with Gasteiger partial charge in [-0.15, -0.1) is 0 Å². The molecule has 0 aromatic heterocycles. The van der Waals surface area contributed by atoms with Crippen molar-refractivity contribution in [3.8, 4) is 11.5 Å². The minimum atomic E-state index is 0.294. The van der Waals surface area contributed by atoms with E-state index < -0.39 is 0 Å². The maximum absolute atomic E-state index is 5.66. The van der Waals surface area contributed by atoms with Gasteiger partial charge >= 0.3 is 0 Å². The predicted octanol–water partition coefficient (Wildman–Crippen LogP) is 3.15. The third kappa shape index (κ3) is 3.93. The van der Waals surface area contributed by atoms with Gasteiger partial charge in [-0.2, -0.15) is 0 Å². The lowest BCUT2D eigenvalue weighted by atomic mass is 10.1. The van der Waals surface area contributed by atoms with E-state index in [1.165, 1.54) is 5.56 Å². The first-order valence-corrected chi connectivity index (χ1v) is 6.27. The summed E-state index contributed by atoms with van der Waals surface area (Å²) in [6, 6.07) is 6.28. The first-order valence-electron chi connectivity index (χ1n) is 6.27. The normalized spacial score (nSPS) is 12.2. The highest BCUT2D eigenvalue weighted by molar-refractivity contribution is 5.42. The number of ether oxygens (including phenoxy) is 2. The van der Waals surface area contributed by atoms with E-state index in [1.807, 2.05) is 19.1 Å². The maximum atomic E-state index is 5.66. The van der Waals surface area contributed by atoms with Crippen molar-refractivity contribution in [1.29, 1.82) is 0 Å². The van der Waals surface area contributed by atoms with Crippen LogP contribution in [0.4, 0.5) is 0 Å². The van der Waals surface area contributed by atoms with Gasteiger partial charge in [-0.1, -0.05) is 13.0 Å². The Bertz CT molecular complexity index is 339. The molecule has 0 aliphatic rings. The van der Waals surface area contributed by atoms with E-state index in [2.05, 4.69) is 25.2 Å². The summed E-state index contributed by atoms with van der Waals surface area (Å²) in [6.45, 7) is 7.99. The SMILES string of the molecule is CCCNC(C)c1ccc(OC)cc1OCC. The molecule has 0 heterocycles. The predicted molar refractivity (Wildman–Crippen MR) is 70.9 cm³/mol. The van der Waals surface area contributed by atoms with Gasteiger partial charge in [0.1, 0.15) is 11.5 Å². The summed E-state index contributed by atoms with van der Waals surface area (Å²) in [5.74, 6) is 1.74. The Morgan fingerprint density at radius 1 is 1.29 bits per heavy atom. The van der Waals surface area contributed by atoms with E-state index >= 15 is 0 Å². The summed E-state index contributed by atoms with van der Waals surface area (Å²) in [5, 5.41) is 3.46. The average molecular weight is 237 g/mol. The summed E-state index contributed by atoms with van der Waals surface area (Å²) >= 11 is 0. The van der Waals surface area contributed by atoms with Crippen LogP contribution in [0.15, 0.2) is 18.2 Å². The van der Waals surface area contributed by atoms with Gasteiger partial charge in [0.2, 0.25) is 0 Å². The summed E-state index contributed by atoms with van der Waals surface area (Å²) < 4.78 is 10.9. The molecule has 1 unspecified atom stereocenters. The van der Waals surface area contributed by atoms with Crippen LogP contribution in [0.5, 0.6) is 11.5 Å². The smallest absolute Gasteiger partial charge is 0.127 e. The Labute approximate surface area is 104 Å². The zero-order valence-corrected chi connectivity index (χ0v) is 11.2. The molecule has 1 aromatic rings. The highest BCUT2D eigenvalue weighted by atomic mass is 16.5. The van der Waals surface area contributed by atoms with Crippen molar-refractivity contribution in [3.05, 3.63) is 23.8 Å². The number of rotatable bonds is 7. The van der Waals surface area contributed by atoms with Gasteiger partial charge in [0.25, 0.3) is 0 Å². The van der Waals surface area contributed by atoms with Crippen LogP contribution in [0.1, 0.15) is 38.8 Å². The van der Waals surface area contributed by atoms with Crippen molar-refractivity contribution in [2.45, 2.75) is 33.2 Å². The van der Waals surface area contributed by atoms with Crippen LogP contribution in [0.2, 0.25) is 0 Å². The van der Waals surface area contributed by atoms with Gasteiger partial charge in [0, 0.05) is 17.7 Å². The number of methoxy groups -OCH3 is 1. The molecule has 0 aliphatic heterocycles. The molecule has 1 aromatic carbocycles. The lowest BCUT2D eigenvalue weighted by Gasteiger charge is -2.18. The Hall–Kier alpha value is -1.22. The molecule has 0 fully saturated rings. The van der Waals surface area contributed by atoms with Crippen molar-refractivity contribution in [2.75, 3.05) is 20.3 Å². The van der Waals surface area contributed by atoms with Crippen molar-refractivity contribution < 1.29 is 9.47 Å². The van der Waals surface area contributed by atoms with E-state index in [4.69, 9.17) is 9.47 Å². The van der Waals surface area contributed by atoms with Crippen LogP contribution in [0, 0.1) is 0 Å². The first-order chi connectivity index (χ1) is 8.22. The Morgan fingerprint density at radius 3 is 2.65 bits per heavy atom. The minimum Gasteiger partial charge on any atom is -0.497 e. The maximum Gasteiger partial charge on any atom is 0.127 e. The fraction of sp³-hybridized carbons (Fsp3) is 0.571. The zero-order chi connectivity index (χ0) is 12.7. The molecule has 0 radical (unpaired) electrons. The van der Waals surface area contributed by atoms with Gasteiger partial charge < -0.3 is 14.8 Å². The van der Waals surface area contributed by atoms with Crippen molar-refractivity contribution in [1.82, 2.24) is 5.32 Å². The zero-order valence-electron chi connectivity index (χ0n) is 11.2. The summed E-state index contributed by atoms with van der Waals surface area (Å²) in [4.78, 5) is 0. The average Bonchev–Trinajstić information content (AvgIpc) is 2.36. The Kier molecular flexibility index (Phi) is 5.84. The van der Waals surface area contributed by atoms with Crippen LogP contribution in [0.3, 0.4) is 0 Å². The van der Waals surface area contributed by atoms with E-state index in [0.717, 1.165) is 24.5 Å². The van der Waals surface area contributed by atoms with Gasteiger partial charge in [-0.25, -0.2) is 0 Å². The van der Waals surface area contributed by atoms with E-state index in [9.17, 15) is 0 Å². The van der Waals surface area contributed by atoms with Gasteiger partial charge in [-0.05, 0) is 32.9 Å². The van der Waals surface area contributed by atoms with Crippen LogP contribution in [-0.4, -0.2) is 20.3 Å². The second-order valence-corrected chi connectivity index (χ2v) is 4.01.